The van der Waals surface area contributed by atoms with Gasteiger partial charge in [-0.1, -0.05) is 12.1 Å². The molecule has 22 heavy (non-hydrogen) atoms. The molecule has 2 nitrogen and oxygen atoms in total. The molecule has 1 aromatic heterocycles. The van der Waals surface area contributed by atoms with E-state index in [9.17, 15) is 0 Å². The van der Waals surface area contributed by atoms with Gasteiger partial charge in [0.1, 0.15) is 0 Å². The number of nitrogens with zero attached hydrogens (tertiary/aromatic N) is 1. The Balaban J connectivity index is 1.92. The number of thioether (sulfide) groups is 1. The van der Waals surface area contributed by atoms with Crippen molar-refractivity contribution in [2.24, 2.45) is 0 Å². The summed E-state index contributed by atoms with van der Waals surface area (Å²) in [5.41, 5.74) is 7.34. The smallest absolute Gasteiger partial charge is 0.0726 e. The molecular formula is C19H18N2S. The van der Waals surface area contributed by atoms with Crippen molar-refractivity contribution in [2.45, 2.75) is 25.2 Å². The van der Waals surface area contributed by atoms with Crippen molar-refractivity contribution in [1.82, 2.24) is 4.98 Å². The molecule has 3 aromatic rings. The lowest BCUT2D eigenvalue weighted by atomic mass is 10.0. The lowest BCUT2D eigenvalue weighted by molar-refractivity contribution is 1.16. The Labute approximate surface area is 135 Å². The molecule has 1 aliphatic rings. The summed E-state index contributed by atoms with van der Waals surface area (Å²) in [6.07, 6.45) is 3.10. The molecule has 0 fully saturated rings. The second-order valence-electron chi connectivity index (χ2n) is 5.85. The topological polar surface area (TPSA) is 24.9 Å². The number of benzene rings is 2. The van der Waals surface area contributed by atoms with E-state index in [4.69, 9.17) is 0 Å². The Morgan fingerprint density at radius 3 is 2.91 bits per heavy atom. The summed E-state index contributed by atoms with van der Waals surface area (Å²) in [6, 6.07) is 12.9. The number of pyridine rings is 1. The third kappa shape index (κ3) is 2.26. The van der Waals surface area contributed by atoms with E-state index in [0.717, 1.165) is 17.6 Å². The molecule has 2 aromatic carbocycles. The summed E-state index contributed by atoms with van der Waals surface area (Å²) in [4.78, 5) is 6.04. The number of nitrogens with one attached hydrogen (secondary N) is 1. The molecule has 3 heteroatoms. The highest BCUT2D eigenvalue weighted by molar-refractivity contribution is 7.99. The van der Waals surface area contributed by atoms with Crippen LogP contribution in [-0.2, 0) is 6.42 Å². The Hall–Kier alpha value is -2.00. The first-order valence-corrected chi connectivity index (χ1v) is 8.58. The van der Waals surface area contributed by atoms with Gasteiger partial charge in [0.05, 0.1) is 11.2 Å². The maximum Gasteiger partial charge on any atom is 0.0726 e. The molecule has 0 aliphatic carbocycles. The summed E-state index contributed by atoms with van der Waals surface area (Å²) < 4.78 is 0. The lowest BCUT2D eigenvalue weighted by Crippen LogP contribution is -1.99. The zero-order valence-electron chi connectivity index (χ0n) is 12.8. The molecule has 1 N–H and O–H groups in total. The Morgan fingerprint density at radius 1 is 1.14 bits per heavy atom. The fourth-order valence-electron chi connectivity index (χ4n) is 3.11. The summed E-state index contributed by atoms with van der Waals surface area (Å²) in [6.45, 7) is 4.25. The minimum absolute atomic E-state index is 1.09. The number of hydrogen-bond donors (Lipinski definition) is 1. The summed E-state index contributed by atoms with van der Waals surface area (Å²) in [5.74, 6) is 1.17. The lowest BCUT2D eigenvalue weighted by Gasteiger charge is -2.15. The van der Waals surface area contributed by atoms with Crippen LogP contribution in [0.3, 0.4) is 0 Å². The number of hydrogen-bond acceptors (Lipinski definition) is 3. The van der Waals surface area contributed by atoms with Crippen LogP contribution in [0, 0.1) is 13.8 Å². The highest BCUT2D eigenvalue weighted by Crippen LogP contribution is 2.40. The van der Waals surface area contributed by atoms with Crippen LogP contribution in [0.25, 0.3) is 10.9 Å². The maximum atomic E-state index is 4.63. The van der Waals surface area contributed by atoms with E-state index in [1.807, 2.05) is 18.0 Å². The van der Waals surface area contributed by atoms with E-state index >= 15 is 0 Å². The van der Waals surface area contributed by atoms with E-state index in [0.29, 0.717) is 0 Å². The molecule has 0 saturated carbocycles. The number of aryl methyl sites for hydroxylation is 3. The van der Waals surface area contributed by atoms with Crippen LogP contribution in [0.5, 0.6) is 0 Å². The van der Waals surface area contributed by atoms with Crippen LogP contribution in [0.1, 0.15) is 16.7 Å². The molecule has 0 spiro atoms. The standard InChI is InChI=1S/C19H18N2S/c1-12-4-3-5-14(10-12)21-19-13(2)11-20-16-6-7-17-15(18(16)19)8-9-22-17/h3-7,10-11H,8-9H2,1-2H3,(H,20,21). The average Bonchev–Trinajstić information content (AvgIpc) is 2.98. The molecule has 110 valence electrons. The van der Waals surface area contributed by atoms with Gasteiger partial charge in [-0.3, -0.25) is 4.98 Å². The van der Waals surface area contributed by atoms with Crippen molar-refractivity contribution in [1.29, 1.82) is 0 Å². The van der Waals surface area contributed by atoms with Crippen LogP contribution in [0.2, 0.25) is 0 Å². The molecule has 0 amide bonds. The van der Waals surface area contributed by atoms with Crippen LogP contribution in [0.15, 0.2) is 47.5 Å². The van der Waals surface area contributed by atoms with Crippen molar-refractivity contribution in [2.75, 3.05) is 11.1 Å². The van der Waals surface area contributed by atoms with E-state index in [2.05, 4.69) is 60.5 Å². The number of fused-ring (bicyclic) bond motifs is 3. The van der Waals surface area contributed by atoms with Gasteiger partial charge in [-0.2, -0.15) is 0 Å². The van der Waals surface area contributed by atoms with Crippen molar-refractivity contribution in [3.05, 3.63) is 59.3 Å². The maximum absolute atomic E-state index is 4.63. The SMILES string of the molecule is Cc1cccc(Nc2c(C)cnc3ccc4c(c23)CCS4)c1. The Morgan fingerprint density at radius 2 is 2.05 bits per heavy atom. The van der Waals surface area contributed by atoms with Crippen molar-refractivity contribution in [3.63, 3.8) is 0 Å². The monoisotopic (exact) mass is 306 g/mol. The van der Waals surface area contributed by atoms with E-state index in [1.54, 1.807) is 0 Å². The molecule has 0 saturated heterocycles. The predicted molar refractivity (Wildman–Crippen MR) is 95.4 cm³/mol. The van der Waals surface area contributed by atoms with Crippen molar-refractivity contribution in [3.8, 4) is 0 Å². The van der Waals surface area contributed by atoms with Crippen LogP contribution in [0.4, 0.5) is 11.4 Å². The largest absolute Gasteiger partial charge is 0.355 e. The van der Waals surface area contributed by atoms with E-state index < -0.39 is 0 Å². The second kappa shape index (κ2) is 5.33. The van der Waals surface area contributed by atoms with Gasteiger partial charge in [0.25, 0.3) is 0 Å². The molecule has 0 atom stereocenters. The zero-order chi connectivity index (χ0) is 15.1. The normalized spacial score (nSPS) is 13.4. The predicted octanol–water partition coefficient (Wildman–Crippen LogP) is 5.24. The van der Waals surface area contributed by atoms with Gasteiger partial charge in [0.15, 0.2) is 0 Å². The van der Waals surface area contributed by atoms with Gasteiger partial charge in [-0.05, 0) is 61.2 Å². The summed E-state index contributed by atoms with van der Waals surface area (Å²) >= 11 is 1.95. The fraction of sp³-hybridized carbons (Fsp3) is 0.211. The summed E-state index contributed by atoms with van der Waals surface area (Å²) in [7, 11) is 0. The van der Waals surface area contributed by atoms with Crippen LogP contribution < -0.4 is 5.32 Å². The van der Waals surface area contributed by atoms with E-state index in [-0.39, 0.29) is 0 Å². The first-order valence-electron chi connectivity index (χ1n) is 7.60. The third-order valence-corrected chi connectivity index (χ3v) is 5.29. The highest BCUT2D eigenvalue weighted by atomic mass is 32.2. The molecule has 4 rings (SSSR count). The van der Waals surface area contributed by atoms with Gasteiger partial charge in [0, 0.05) is 27.9 Å². The van der Waals surface area contributed by atoms with Gasteiger partial charge in [-0.25, -0.2) is 0 Å². The molecular weight excluding hydrogens is 288 g/mol. The Kier molecular flexibility index (Phi) is 3.30. The Bertz CT molecular complexity index is 871. The van der Waals surface area contributed by atoms with Crippen LogP contribution >= 0.6 is 11.8 Å². The van der Waals surface area contributed by atoms with E-state index in [1.165, 1.54) is 38.4 Å². The number of aromatic nitrogens is 1. The zero-order valence-corrected chi connectivity index (χ0v) is 13.6. The average molecular weight is 306 g/mol. The fourth-order valence-corrected chi connectivity index (χ4v) is 4.17. The van der Waals surface area contributed by atoms with Crippen molar-refractivity contribution >= 4 is 34.0 Å². The molecule has 0 bridgehead atoms. The first-order chi connectivity index (χ1) is 10.7. The molecule has 0 radical (unpaired) electrons. The molecule has 2 heterocycles. The third-order valence-electron chi connectivity index (χ3n) is 4.19. The van der Waals surface area contributed by atoms with Gasteiger partial charge in [0.2, 0.25) is 0 Å². The van der Waals surface area contributed by atoms with Gasteiger partial charge >= 0.3 is 0 Å². The minimum atomic E-state index is 1.09. The number of rotatable bonds is 2. The van der Waals surface area contributed by atoms with Gasteiger partial charge in [-0.15, -0.1) is 11.8 Å². The first kappa shape index (κ1) is 13.6. The van der Waals surface area contributed by atoms with Gasteiger partial charge < -0.3 is 5.32 Å². The quantitative estimate of drug-likeness (QED) is 0.700. The summed E-state index contributed by atoms with van der Waals surface area (Å²) in [5, 5.41) is 4.93. The molecule has 0 unspecified atom stereocenters. The minimum Gasteiger partial charge on any atom is -0.355 e. The van der Waals surface area contributed by atoms with Crippen molar-refractivity contribution < 1.29 is 0 Å². The highest BCUT2D eigenvalue weighted by Gasteiger charge is 2.18. The molecule has 1 aliphatic heterocycles. The second-order valence-corrected chi connectivity index (χ2v) is 6.98. The number of anilines is 2. The van der Waals surface area contributed by atoms with Crippen LogP contribution in [-0.4, -0.2) is 10.7 Å².